The lowest BCUT2D eigenvalue weighted by Crippen LogP contribution is -2.21. The summed E-state index contributed by atoms with van der Waals surface area (Å²) in [4.78, 5) is 16.8. The van der Waals surface area contributed by atoms with Crippen LogP contribution in [0.4, 0.5) is 30.5 Å². The van der Waals surface area contributed by atoms with Crippen LogP contribution in [0.1, 0.15) is 29.0 Å². The highest BCUT2D eigenvalue weighted by Crippen LogP contribution is 2.65. The average molecular weight is 495 g/mol. The molecule has 0 saturated heterocycles. The van der Waals surface area contributed by atoms with Crippen molar-refractivity contribution in [2.45, 2.75) is 23.9 Å². The summed E-state index contributed by atoms with van der Waals surface area (Å²) in [7, 11) is 2.87. The molecule has 2 atom stereocenters. The van der Waals surface area contributed by atoms with Gasteiger partial charge in [-0.1, -0.05) is 6.07 Å². The number of pyridine rings is 1. The monoisotopic (exact) mass is 495 g/mol. The van der Waals surface area contributed by atoms with Crippen molar-refractivity contribution in [2.24, 2.45) is 0 Å². The van der Waals surface area contributed by atoms with Gasteiger partial charge in [-0.05, 0) is 53.9 Å². The molecular formula is C25H20F3N5O3. The second-order valence-electron chi connectivity index (χ2n) is 8.87. The van der Waals surface area contributed by atoms with E-state index < -0.39 is 17.2 Å². The van der Waals surface area contributed by atoms with E-state index in [1.165, 1.54) is 7.11 Å². The molecule has 11 heteroatoms. The Labute approximate surface area is 202 Å². The zero-order valence-corrected chi connectivity index (χ0v) is 19.2. The lowest BCUT2D eigenvalue weighted by Gasteiger charge is -2.12. The lowest BCUT2D eigenvalue weighted by atomic mass is 9.91. The number of ether oxygens (including phenoxy) is 2. The summed E-state index contributed by atoms with van der Waals surface area (Å²) >= 11 is 0. The first-order valence-corrected chi connectivity index (χ1v) is 11.1. The first kappa shape index (κ1) is 22.2. The standard InChI is InChI=1S/C25H20F3N5O3/c1-35-14-4-6-18-16(9-14)24(23(34)30-18)10-17(24)12-3-5-15-19(7-12)32-33-21(15)31-22-20(36-2)8-13(11-29-22)25(26,27)28/h3-9,11,17H,10H2,1-2H3,(H,30,34)(H2,29,31,32,33)/t17-,24-/m0/s1. The number of halogens is 3. The molecule has 4 aromatic rings. The number of rotatable bonds is 5. The van der Waals surface area contributed by atoms with Crippen molar-refractivity contribution in [2.75, 3.05) is 24.9 Å². The predicted octanol–water partition coefficient (Wildman–Crippen LogP) is 5.11. The van der Waals surface area contributed by atoms with Crippen molar-refractivity contribution in [3.05, 3.63) is 65.4 Å². The molecule has 1 aliphatic carbocycles. The zero-order valence-electron chi connectivity index (χ0n) is 19.2. The molecular weight excluding hydrogens is 475 g/mol. The molecule has 1 spiro atoms. The van der Waals surface area contributed by atoms with Crippen molar-refractivity contribution in [1.82, 2.24) is 15.2 Å². The summed E-state index contributed by atoms with van der Waals surface area (Å²) in [6, 6.07) is 12.2. The Morgan fingerprint density at radius 1 is 1.08 bits per heavy atom. The first-order chi connectivity index (χ1) is 17.2. The van der Waals surface area contributed by atoms with Crippen molar-refractivity contribution in [1.29, 1.82) is 0 Å². The number of fused-ring (bicyclic) bond motifs is 3. The number of carbonyl (C=O) groups excluding carboxylic acids is 1. The van der Waals surface area contributed by atoms with Crippen LogP contribution in [-0.4, -0.2) is 35.3 Å². The third kappa shape index (κ3) is 3.26. The number of amides is 1. The third-order valence-electron chi connectivity index (χ3n) is 6.95. The van der Waals surface area contributed by atoms with Gasteiger partial charge in [0, 0.05) is 23.2 Å². The van der Waals surface area contributed by atoms with Crippen molar-refractivity contribution in [3.8, 4) is 11.5 Å². The minimum absolute atomic E-state index is 0.00774. The molecule has 1 saturated carbocycles. The number of hydrogen-bond donors (Lipinski definition) is 3. The van der Waals surface area contributed by atoms with Crippen LogP contribution in [0.5, 0.6) is 11.5 Å². The molecule has 2 aromatic carbocycles. The van der Waals surface area contributed by atoms with Gasteiger partial charge in [0.1, 0.15) is 5.75 Å². The Balaban J connectivity index is 1.30. The van der Waals surface area contributed by atoms with E-state index in [4.69, 9.17) is 9.47 Å². The second-order valence-corrected chi connectivity index (χ2v) is 8.87. The maximum atomic E-state index is 13.0. The van der Waals surface area contributed by atoms with Gasteiger partial charge in [-0.2, -0.15) is 18.3 Å². The SMILES string of the molecule is COc1ccc2c(c1)[C@]1(C[C@H]1c1ccc3c(Nc4ncc(C(F)(F)F)cc4OC)n[nH]c3c1)C(=O)N2. The first-order valence-electron chi connectivity index (χ1n) is 11.1. The molecule has 1 aliphatic heterocycles. The van der Waals surface area contributed by atoms with E-state index in [9.17, 15) is 18.0 Å². The molecule has 0 radical (unpaired) electrons. The number of carbonyl (C=O) groups is 1. The van der Waals surface area contributed by atoms with Crippen LogP contribution >= 0.6 is 0 Å². The number of anilines is 3. The van der Waals surface area contributed by atoms with Crippen molar-refractivity contribution in [3.63, 3.8) is 0 Å². The molecule has 1 fully saturated rings. The predicted molar refractivity (Wildman–Crippen MR) is 126 cm³/mol. The van der Waals surface area contributed by atoms with E-state index in [2.05, 4.69) is 25.8 Å². The Bertz CT molecular complexity index is 1530. The Morgan fingerprint density at radius 3 is 2.67 bits per heavy atom. The van der Waals surface area contributed by atoms with Crippen LogP contribution in [-0.2, 0) is 16.4 Å². The highest BCUT2D eigenvalue weighted by atomic mass is 19.4. The van der Waals surface area contributed by atoms with Gasteiger partial charge in [0.25, 0.3) is 0 Å². The van der Waals surface area contributed by atoms with Crippen LogP contribution in [0.15, 0.2) is 48.7 Å². The number of benzene rings is 2. The van der Waals surface area contributed by atoms with Crippen molar-refractivity contribution < 1.29 is 27.4 Å². The Kier molecular flexibility index (Phi) is 4.69. The quantitative estimate of drug-likeness (QED) is 0.356. The number of aromatic nitrogens is 3. The largest absolute Gasteiger partial charge is 0.497 e. The van der Waals surface area contributed by atoms with Gasteiger partial charge >= 0.3 is 6.18 Å². The van der Waals surface area contributed by atoms with E-state index in [-0.39, 0.29) is 23.4 Å². The van der Waals surface area contributed by atoms with Gasteiger partial charge in [0.05, 0.1) is 30.7 Å². The minimum Gasteiger partial charge on any atom is -0.497 e. The van der Waals surface area contributed by atoms with Crippen LogP contribution in [0, 0.1) is 0 Å². The summed E-state index contributed by atoms with van der Waals surface area (Å²) in [5.74, 6) is 1.11. The molecule has 3 N–H and O–H groups in total. The highest BCUT2D eigenvalue weighted by Gasteiger charge is 2.65. The average Bonchev–Trinajstić information content (AvgIpc) is 3.42. The number of hydrogen-bond acceptors (Lipinski definition) is 6. The summed E-state index contributed by atoms with van der Waals surface area (Å²) in [5.41, 5.74) is 1.89. The number of nitrogens with zero attached hydrogens (tertiary/aromatic N) is 2. The van der Waals surface area contributed by atoms with Crippen LogP contribution < -0.4 is 20.1 Å². The van der Waals surface area contributed by atoms with Gasteiger partial charge in [0.15, 0.2) is 17.4 Å². The fraction of sp³-hybridized carbons (Fsp3) is 0.240. The van der Waals surface area contributed by atoms with E-state index in [0.717, 1.165) is 34.5 Å². The topological polar surface area (TPSA) is 101 Å². The van der Waals surface area contributed by atoms with E-state index in [1.54, 1.807) is 7.11 Å². The van der Waals surface area contributed by atoms with Crippen LogP contribution in [0.2, 0.25) is 0 Å². The van der Waals surface area contributed by atoms with Gasteiger partial charge < -0.3 is 20.1 Å². The van der Waals surface area contributed by atoms with E-state index in [0.29, 0.717) is 23.5 Å². The molecule has 2 aliphatic rings. The minimum atomic E-state index is -4.53. The number of nitrogens with one attached hydrogen (secondary N) is 3. The number of alkyl halides is 3. The van der Waals surface area contributed by atoms with Crippen LogP contribution in [0.25, 0.3) is 10.9 Å². The number of methoxy groups -OCH3 is 2. The molecule has 2 aromatic heterocycles. The lowest BCUT2D eigenvalue weighted by molar-refractivity contribution is -0.137. The summed E-state index contributed by atoms with van der Waals surface area (Å²) in [6.07, 6.45) is -3.11. The smallest absolute Gasteiger partial charge is 0.418 e. The molecule has 0 bridgehead atoms. The summed E-state index contributed by atoms with van der Waals surface area (Å²) in [6.45, 7) is 0. The molecule has 6 rings (SSSR count). The highest BCUT2D eigenvalue weighted by molar-refractivity contribution is 6.10. The fourth-order valence-corrected chi connectivity index (χ4v) is 5.01. The van der Waals surface area contributed by atoms with E-state index >= 15 is 0 Å². The maximum absolute atomic E-state index is 13.0. The Morgan fingerprint density at radius 2 is 1.92 bits per heavy atom. The Hall–Kier alpha value is -4.28. The normalized spacial score (nSPS) is 20.4. The van der Waals surface area contributed by atoms with Gasteiger partial charge in [-0.3, -0.25) is 9.89 Å². The van der Waals surface area contributed by atoms with Gasteiger partial charge in [-0.15, -0.1) is 0 Å². The second kappa shape index (κ2) is 7.61. The zero-order chi connectivity index (χ0) is 25.2. The fourth-order valence-electron chi connectivity index (χ4n) is 5.01. The maximum Gasteiger partial charge on any atom is 0.418 e. The third-order valence-corrected chi connectivity index (χ3v) is 6.95. The summed E-state index contributed by atoms with van der Waals surface area (Å²) in [5, 5.41) is 13.9. The molecule has 1 amide bonds. The van der Waals surface area contributed by atoms with Crippen LogP contribution in [0.3, 0.4) is 0 Å². The van der Waals surface area contributed by atoms with Gasteiger partial charge in [-0.25, -0.2) is 4.98 Å². The summed E-state index contributed by atoms with van der Waals surface area (Å²) < 4.78 is 49.5. The molecule has 8 nitrogen and oxygen atoms in total. The molecule has 0 unspecified atom stereocenters. The molecule has 3 heterocycles. The number of aromatic amines is 1. The van der Waals surface area contributed by atoms with Crippen molar-refractivity contribution >= 4 is 34.1 Å². The van der Waals surface area contributed by atoms with E-state index in [1.807, 2.05) is 36.4 Å². The molecule has 184 valence electrons. The number of H-pyrrole nitrogens is 1. The molecule has 36 heavy (non-hydrogen) atoms. The van der Waals surface area contributed by atoms with Gasteiger partial charge in [0.2, 0.25) is 5.91 Å².